The lowest BCUT2D eigenvalue weighted by molar-refractivity contribution is -0.119. The third kappa shape index (κ3) is 5.29. The molecule has 0 radical (unpaired) electrons. The SMILES string of the molecule is CCCCc1nc2ccc(Br)cc2c(=O)n1N=Cc1cccc(OC)c1OCC(N)=O. The first kappa shape index (κ1) is 22.5. The van der Waals surface area contributed by atoms with Crippen LogP contribution in [0.15, 0.2) is 50.8 Å². The summed E-state index contributed by atoms with van der Waals surface area (Å²) in [5, 5.41) is 4.88. The Morgan fingerprint density at radius 1 is 1.32 bits per heavy atom. The summed E-state index contributed by atoms with van der Waals surface area (Å²) < 4.78 is 12.9. The van der Waals surface area contributed by atoms with Crippen LogP contribution in [0.5, 0.6) is 11.5 Å². The number of nitrogens with two attached hydrogens (primary N) is 1. The Hall–Kier alpha value is -3.20. The van der Waals surface area contributed by atoms with E-state index < -0.39 is 5.91 Å². The number of hydrogen-bond acceptors (Lipinski definition) is 6. The first-order valence-corrected chi connectivity index (χ1v) is 10.6. The van der Waals surface area contributed by atoms with Gasteiger partial charge in [0.1, 0.15) is 5.82 Å². The van der Waals surface area contributed by atoms with Crippen molar-refractivity contribution in [3.63, 3.8) is 0 Å². The van der Waals surface area contributed by atoms with Crippen LogP contribution in [0.3, 0.4) is 0 Å². The van der Waals surface area contributed by atoms with Gasteiger partial charge in [0.15, 0.2) is 18.1 Å². The van der Waals surface area contributed by atoms with Gasteiger partial charge in [0.2, 0.25) is 0 Å². The van der Waals surface area contributed by atoms with Crippen molar-refractivity contribution < 1.29 is 14.3 Å². The number of aromatic nitrogens is 2. The molecule has 0 fully saturated rings. The number of nitrogens with zero attached hydrogens (tertiary/aromatic N) is 3. The van der Waals surface area contributed by atoms with E-state index in [4.69, 9.17) is 15.2 Å². The molecule has 3 aromatic rings. The number of primary amides is 1. The molecule has 9 heteroatoms. The molecule has 0 saturated heterocycles. The highest BCUT2D eigenvalue weighted by Gasteiger charge is 2.13. The molecular weight excluding hydrogens is 464 g/mol. The number of fused-ring (bicyclic) bond motifs is 1. The van der Waals surface area contributed by atoms with E-state index in [0.717, 1.165) is 17.3 Å². The van der Waals surface area contributed by atoms with E-state index in [0.29, 0.717) is 40.2 Å². The minimum atomic E-state index is -0.615. The Balaban J connectivity index is 2.11. The highest BCUT2D eigenvalue weighted by atomic mass is 79.9. The van der Waals surface area contributed by atoms with Gasteiger partial charge in [0.05, 0.1) is 24.2 Å². The summed E-state index contributed by atoms with van der Waals surface area (Å²) in [4.78, 5) is 29.0. The van der Waals surface area contributed by atoms with Gasteiger partial charge in [-0.05, 0) is 36.8 Å². The van der Waals surface area contributed by atoms with E-state index in [1.54, 1.807) is 24.3 Å². The molecule has 1 aromatic heterocycles. The fourth-order valence-corrected chi connectivity index (χ4v) is 3.38. The van der Waals surface area contributed by atoms with Crippen LogP contribution < -0.4 is 20.8 Å². The normalized spacial score (nSPS) is 11.2. The molecule has 0 atom stereocenters. The number of unbranched alkanes of at least 4 members (excludes halogenated alkanes) is 1. The fraction of sp³-hybridized carbons (Fsp3) is 0.273. The maximum atomic E-state index is 13.2. The molecule has 2 aromatic carbocycles. The fourth-order valence-electron chi connectivity index (χ4n) is 3.02. The van der Waals surface area contributed by atoms with Gasteiger partial charge < -0.3 is 15.2 Å². The lowest BCUT2D eigenvalue weighted by Crippen LogP contribution is -2.23. The van der Waals surface area contributed by atoms with Crippen LogP contribution in [0, 0.1) is 0 Å². The summed E-state index contributed by atoms with van der Waals surface area (Å²) in [5.41, 5.74) is 6.09. The van der Waals surface area contributed by atoms with E-state index in [2.05, 4.69) is 32.9 Å². The maximum Gasteiger partial charge on any atom is 0.282 e. The van der Waals surface area contributed by atoms with Crippen molar-refractivity contribution >= 4 is 39.0 Å². The molecule has 1 amide bonds. The number of para-hydroxylation sites is 1. The van der Waals surface area contributed by atoms with Crippen LogP contribution in [0.1, 0.15) is 31.2 Å². The van der Waals surface area contributed by atoms with Gasteiger partial charge in [-0.3, -0.25) is 9.59 Å². The highest BCUT2D eigenvalue weighted by molar-refractivity contribution is 9.10. The number of carbonyl (C=O) groups is 1. The molecule has 0 spiro atoms. The van der Waals surface area contributed by atoms with Crippen LogP contribution in [0.4, 0.5) is 0 Å². The zero-order valence-electron chi connectivity index (χ0n) is 17.3. The second-order valence-corrected chi connectivity index (χ2v) is 7.70. The number of hydrogen-bond donors (Lipinski definition) is 1. The van der Waals surface area contributed by atoms with Crippen molar-refractivity contribution in [1.82, 2.24) is 9.66 Å². The molecule has 1 heterocycles. The number of benzene rings is 2. The number of carbonyl (C=O) groups excluding carboxylic acids is 1. The third-order valence-corrected chi connectivity index (χ3v) is 5.02. The van der Waals surface area contributed by atoms with E-state index in [1.165, 1.54) is 18.0 Å². The quantitative estimate of drug-likeness (QED) is 0.466. The zero-order valence-corrected chi connectivity index (χ0v) is 18.9. The number of ether oxygens (including phenoxy) is 2. The van der Waals surface area contributed by atoms with Crippen LogP contribution in [-0.2, 0) is 11.2 Å². The van der Waals surface area contributed by atoms with Crippen molar-refractivity contribution in [3.05, 3.63) is 62.6 Å². The van der Waals surface area contributed by atoms with Crippen LogP contribution in [0.2, 0.25) is 0 Å². The molecule has 0 saturated carbocycles. The molecule has 0 bridgehead atoms. The molecule has 0 aliphatic rings. The molecule has 8 nitrogen and oxygen atoms in total. The van der Waals surface area contributed by atoms with Crippen LogP contribution >= 0.6 is 15.9 Å². The van der Waals surface area contributed by atoms with Crippen molar-refractivity contribution in [2.75, 3.05) is 13.7 Å². The third-order valence-electron chi connectivity index (χ3n) is 4.53. The van der Waals surface area contributed by atoms with Crippen molar-refractivity contribution in [2.45, 2.75) is 26.2 Å². The van der Waals surface area contributed by atoms with Crippen LogP contribution in [0.25, 0.3) is 10.9 Å². The average Bonchev–Trinajstić information content (AvgIpc) is 2.76. The topological polar surface area (TPSA) is 109 Å². The summed E-state index contributed by atoms with van der Waals surface area (Å²) in [6, 6.07) is 10.6. The van der Waals surface area contributed by atoms with Gasteiger partial charge in [-0.15, -0.1) is 0 Å². The first-order chi connectivity index (χ1) is 14.9. The predicted octanol–water partition coefficient (Wildman–Crippen LogP) is 3.26. The molecule has 0 unspecified atom stereocenters. The minimum absolute atomic E-state index is 0.267. The van der Waals surface area contributed by atoms with E-state index in [9.17, 15) is 9.59 Å². The summed E-state index contributed by atoms with van der Waals surface area (Å²) in [6.07, 6.45) is 3.93. The maximum absolute atomic E-state index is 13.2. The zero-order chi connectivity index (χ0) is 22.4. The van der Waals surface area contributed by atoms with Crippen molar-refractivity contribution in [3.8, 4) is 11.5 Å². The lowest BCUT2D eigenvalue weighted by Gasteiger charge is -2.12. The smallest absolute Gasteiger partial charge is 0.282 e. The summed E-state index contributed by atoms with van der Waals surface area (Å²) in [6.45, 7) is 1.76. The number of methoxy groups -OCH3 is 1. The minimum Gasteiger partial charge on any atom is -0.493 e. The highest BCUT2D eigenvalue weighted by Crippen LogP contribution is 2.30. The van der Waals surface area contributed by atoms with E-state index in [-0.39, 0.29) is 12.2 Å². The second-order valence-electron chi connectivity index (χ2n) is 6.79. The first-order valence-electron chi connectivity index (χ1n) is 9.78. The standard InChI is InChI=1S/C22H23BrN4O4/c1-3-4-8-20-26-17-10-9-15(23)11-16(17)22(29)27(20)25-12-14-6-5-7-18(30-2)21(14)31-13-19(24)28/h5-7,9-12H,3-4,8,13H2,1-2H3,(H2,24,28). The second kappa shape index (κ2) is 10.2. The number of aryl methyl sites for hydroxylation is 1. The van der Waals surface area contributed by atoms with Gasteiger partial charge in [0, 0.05) is 16.5 Å². The Bertz CT molecular complexity index is 1190. The largest absolute Gasteiger partial charge is 0.493 e. The van der Waals surface area contributed by atoms with Crippen molar-refractivity contribution in [2.24, 2.45) is 10.8 Å². The Kier molecular flexibility index (Phi) is 7.41. The molecular formula is C22H23BrN4O4. The van der Waals surface area contributed by atoms with Gasteiger partial charge >= 0.3 is 0 Å². The number of halogens is 1. The van der Waals surface area contributed by atoms with E-state index in [1.807, 2.05) is 12.1 Å². The summed E-state index contributed by atoms with van der Waals surface area (Å²) in [5.74, 6) is 0.688. The molecule has 2 N–H and O–H groups in total. The lowest BCUT2D eigenvalue weighted by atomic mass is 10.2. The number of rotatable bonds is 9. The predicted molar refractivity (Wildman–Crippen MR) is 123 cm³/mol. The average molecular weight is 487 g/mol. The summed E-state index contributed by atoms with van der Waals surface area (Å²) >= 11 is 3.40. The molecule has 162 valence electrons. The van der Waals surface area contributed by atoms with Gasteiger partial charge in [-0.1, -0.05) is 35.3 Å². The monoisotopic (exact) mass is 486 g/mol. The van der Waals surface area contributed by atoms with E-state index >= 15 is 0 Å². The Morgan fingerprint density at radius 3 is 2.84 bits per heavy atom. The van der Waals surface area contributed by atoms with Crippen molar-refractivity contribution in [1.29, 1.82) is 0 Å². The van der Waals surface area contributed by atoms with Gasteiger partial charge in [-0.2, -0.15) is 9.78 Å². The molecule has 3 rings (SSSR count). The summed E-state index contributed by atoms with van der Waals surface area (Å²) in [7, 11) is 1.49. The molecule has 0 aliphatic heterocycles. The molecule has 31 heavy (non-hydrogen) atoms. The number of amides is 1. The van der Waals surface area contributed by atoms with Crippen LogP contribution in [-0.4, -0.2) is 35.5 Å². The Labute approximate surface area is 187 Å². The van der Waals surface area contributed by atoms with Gasteiger partial charge in [0.25, 0.3) is 11.5 Å². The van der Waals surface area contributed by atoms with Gasteiger partial charge in [-0.25, -0.2) is 4.98 Å². The Morgan fingerprint density at radius 2 is 2.13 bits per heavy atom. The molecule has 0 aliphatic carbocycles.